The first-order chi connectivity index (χ1) is 8.72. The Morgan fingerprint density at radius 3 is 3.06 bits per heavy atom. The van der Waals surface area contributed by atoms with E-state index in [0.717, 1.165) is 26.2 Å². The molecule has 0 aliphatic carbocycles. The van der Waals surface area contributed by atoms with E-state index in [1.54, 1.807) is 7.11 Å². The van der Waals surface area contributed by atoms with E-state index in [9.17, 15) is 4.79 Å². The van der Waals surface area contributed by atoms with Crippen LogP contribution in [0.3, 0.4) is 0 Å². The number of nitrogens with zero attached hydrogens (tertiary/aromatic N) is 1. The lowest BCUT2D eigenvalue weighted by molar-refractivity contribution is -0.121. The van der Waals surface area contributed by atoms with Gasteiger partial charge in [-0.1, -0.05) is 0 Å². The van der Waals surface area contributed by atoms with Gasteiger partial charge in [0, 0.05) is 46.3 Å². The van der Waals surface area contributed by atoms with Crippen molar-refractivity contribution in [1.29, 1.82) is 0 Å². The molecule has 1 fully saturated rings. The van der Waals surface area contributed by atoms with Crippen LogP contribution < -0.4 is 10.6 Å². The minimum absolute atomic E-state index is 0.0567. The van der Waals surface area contributed by atoms with Crippen LogP contribution in [0.5, 0.6) is 0 Å². The van der Waals surface area contributed by atoms with Crippen molar-refractivity contribution in [3.63, 3.8) is 0 Å². The minimum atomic E-state index is 0.0567. The van der Waals surface area contributed by atoms with Crippen LogP contribution in [0, 0.1) is 0 Å². The number of amides is 1. The normalized spacial score (nSPS) is 20.9. The van der Waals surface area contributed by atoms with Gasteiger partial charge in [0.15, 0.2) is 0 Å². The number of ether oxygens (including phenoxy) is 2. The molecule has 18 heavy (non-hydrogen) atoms. The Morgan fingerprint density at radius 2 is 2.33 bits per heavy atom. The second kappa shape index (κ2) is 9.27. The molecule has 0 bridgehead atoms. The zero-order valence-electron chi connectivity index (χ0n) is 11.4. The predicted octanol–water partition coefficient (Wildman–Crippen LogP) is -0.941. The summed E-state index contributed by atoms with van der Waals surface area (Å²) in [7, 11) is 3.72. The van der Waals surface area contributed by atoms with Crippen LogP contribution in [-0.2, 0) is 14.3 Å². The van der Waals surface area contributed by atoms with Crippen LogP contribution in [0.1, 0.15) is 6.42 Å². The summed E-state index contributed by atoms with van der Waals surface area (Å²) < 4.78 is 10.5. The molecule has 0 spiro atoms. The van der Waals surface area contributed by atoms with Crippen LogP contribution in [0.25, 0.3) is 0 Å². The maximum atomic E-state index is 11.4. The summed E-state index contributed by atoms with van der Waals surface area (Å²) >= 11 is 0. The molecule has 1 saturated heterocycles. The van der Waals surface area contributed by atoms with E-state index in [1.807, 2.05) is 0 Å². The third kappa shape index (κ3) is 6.90. The summed E-state index contributed by atoms with van der Waals surface area (Å²) in [6.45, 7) is 5.36. The molecule has 6 nitrogen and oxygen atoms in total. The highest BCUT2D eigenvalue weighted by molar-refractivity contribution is 5.75. The van der Waals surface area contributed by atoms with Crippen molar-refractivity contribution in [2.45, 2.75) is 12.5 Å². The fourth-order valence-corrected chi connectivity index (χ4v) is 1.84. The van der Waals surface area contributed by atoms with Gasteiger partial charge in [-0.15, -0.1) is 0 Å². The van der Waals surface area contributed by atoms with Gasteiger partial charge in [0.25, 0.3) is 0 Å². The van der Waals surface area contributed by atoms with Gasteiger partial charge in [-0.05, 0) is 7.05 Å². The molecule has 1 atom stereocenters. The van der Waals surface area contributed by atoms with Crippen molar-refractivity contribution < 1.29 is 14.3 Å². The summed E-state index contributed by atoms with van der Waals surface area (Å²) in [6, 6.07) is 0. The van der Waals surface area contributed by atoms with Gasteiger partial charge in [0.2, 0.25) is 5.91 Å². The molecule has 6 heteroatoms. The summed E-state index contributed by atoms with van der Waals surface area (Å²) in [6.07, 6.45) is 0.729. The zero-order valence-corrected chi connectivity index (χ0v) is 11.4. The van der Waals surface area contributed by atoms with Gasteiger partial charge < -0.3 is 25.0 Å². The van der Waals surface area contributed by atoms with Gasteiger partial charge in [-0.3, -0.25) is 4.79 Å². The van der Waals surface area contributed by atoms with E-state index >= 15 is 0 Å². The van der Waals surface area contributed by atoms with E-state index in [1.165, 1.54) is 0 Å². The first-order valence-electron chi connectivity index (χ1n) is 6.49. The summed E-state index contributed by atoms with van der Waals surface area (Å²) in [4.78, 5) is 13.6. The van der Waals surface area contributed by atoms with Gasteiger partial charge in [-0.2, -0.15) is 0 Å². The van der Waals surface area contributed by atoms with E-state index in [2.05, 4.69) is 22.6 Å². The van der Waals surface area contributed by atoms with Crippen LogP contribution >= 0.6 is 0 Å². The molecule has 0 aromatic rings. The molecular formula is C12H25N3O3. The fourth-order valence-electron chi connectivity index (χ4n) is 1.84. The van der Waals surface area contributed by atoms with E-state index < -0.39 is 0 Å². The summed E-state index contributed by atoms with van der Waals surface area (Å²) in [5.41, 5.74) is 0. The van der Waals surface area contributed by atoms with Crippen molar-refractivity contribution in [3.8, 4) is 0 Å². The highest BCUT2D eigenvalue weighted by atomic mass is 16.5. The Hall–Kier alpha value is -0.690. The molecule has 1 amide bonds. The van der Waals surface area contributed by atoms with Crippen LogP contribution in [0.15, 0.2) is 0 Å². The molecule has 0 radical (unpaired) electrons. The van der Waals surface area contributed by atoms with E-state index in [0.29, 0.717) is 26.1 Å². The average molecular weight is 259 g/mol. The number of methoxy groups -OCH3 is 1. The molecule has 0 aromatic carbocycles. The number of morpholine rings is 1. The number of nitrogens with one attached hydrogen (secondary N) is 2. The standard InChI is InChI=1S/C12H25N3O3/c1-15-6-8-18-11(10-15)9-13-4-3-12(16)14-5-7-17-2/h11,13H,3-10H2,1-2H3,(H,14,16). The van der Waals surface area contributed by atoms with Crippen LogP contribution in [-0.4, -0.2) is 77.0 Å². The lowest BCUT2D eigenvalue weighted by atomic mass is 10.2. The molecule has 1 aliphatic rings. The highest BCUT2D eigenvalue weighted by Crippen LogP contribution is 2.01. The molecule has 1 aliphatic heterocycles. The largest absolute Gasteiger partial charge is 0.383 e. The second-order valence-electron chi connectivity index (χ2n) is 4.55. The first kappa shape index (κ1) is 15.4. The maximum absolute atomic E-state index is 11.4. The second-order valence-corrected chi connectivity index (χ2v) is 4.55. The molecule has 1 unspecified atom stereocenters. The van der Waals surface area contributed by atoms with Gasteiger partial charge in [-0.25, -0.2) is 0 Å². The van der Waals surface area contributed by atoms with Crippen molar-refractivity contribution in [3.05, 3.63) is 0 Å². The Morgan fingerprint density at radius 1 is 1.50 bits per heavy atom. The predicted molar refractivity (Wildman–Crippen MR) is 69.6 cm³/mol. The average Bonchev–Trinajstić information content (AvgIpc) is 2.35. The number of likely N-dealkylation sites (N-methyl/N-ethyl adjacent to an activating group) is 1. The fraction of sp³-hybridized carbons (Fsp3) is 0.917. The molecule has 0 saturated carbocycles. The minimum Gasteiger partial charge on any atom is -0.383 e. The summed E-state index contributed by atoms with van der Waals surface area (Å²) in [5, 5.41) is 6.04. The van der Waals surface area contributed by atoms with Gasteiger partial charge in [0.1, 0.15) is 0 Å². The number of rotatable bonds is 8. The molecule has 1 rings (SSSR count). The van der Waals surface area contributed by atoms with Crippen molar-refractivity contribution in [2.24, 2.45) is 0 Å². The SMILES string of the molecule is COCCNC(=O)CCNCC1CN(C)CCO1. The number of hydrogen-bond donors (Lipinski definition) is 2. The Labute approximate surface area is 109 Å². The van der Waals surface area contributed by atoms with Crippen molar-refractivity contribution >= 4 is 5.91 Å². The maximum Gasteiger partial charge on any atom is 0.221 e. The topological polar surface area (TPSA) is 62.8 Å². The quantitative estimate of drug-likeness (QED) is 0.551. The molecule has 2 N–H and O–H groups in total. The Kier molecular flexibility index (Phi) is 7.91. The van der Waals surface area contributed by atoms with E-state index in [4.69, 9.17) is 9.47 Å². The summed E-state index contributed by atoms with van der Waals surface area (Å²) in [5.74, 6) is 0.0567. The van der Waals surface area contributed by atoms with E-state index in [-0.39, 0.29) is 12.0 Å². The highest BCUT2D eigenvalue weighted by Gasteiger charge is 2.16. The van der Waals surface area contributed by atoms with Crippen molar-refractivity contribution in [1.82, 2.24) is 15.5 Å². The lowest BCUT2D eigenvalue weighted by Crippen LogP contribution is -2.45. The molecule has 106 valence electrons. The third-order valence-corrected chi connectivity index (χ3v) is 2.87. The number of carbonyl (C=O) groups excluding carboxylic acids is 1. The zero-order chi connectivity index (χ0) is 13.2. The number of carbonyl (C=O) groups is 1. The van der Waals surface area contributed by atoms with Crippen LogP contribution in [0.4, 0.5) is 0 Å². The Bertz CT molecular complexity index is 239. The molecule has 0 aromatic heterocycles. The molecular weight excluding hydrogens is 234 g/mol. The smallest absolute Gasteiger partial charge is 0.221 e. The molecule has 1 heterocycles. The van der Waals surface area contributed by atoms with Gasteiger partial charge >= 0.3 is 0 Å². The lowest BCUT2D eigenvalue weighted by Gasteiger charge is -2.30. The monoisotopic (exact) mass is 259 g/mol. The van der Waals surface area contributed by atoms with Gasteiger partial charge in [0.05, 0.1) is 19.3 Å². The van der Waals surface area contributed by atoms with Crippen LogP contribution in [0.2, 0.25) is 0 Å². The third-order valence-electron chi connectivity index (χ3n) is 2.87. The van der Waals surface area contributed by atoms with Crippen molar-refractivity contribution in [2.75, 3.05) is 60.1 Å². The first-order valence-corrected chi connectivity index (χ1v) is 6.49. The number of hydrogen-bond acceptors (Lipinski definition) is 5. The Balaban J connectivity index is 1.95.